The van der Waals surface area contributed by atoms with Crippen molar-refractivity contribution in [1.29, 1.82) is 0 Å². The second-order valence-electron chi connectivity index (χ2n) is 5.75. The normalized spacial score (nSPS) is 17.3. The van der Waals surface area contributed by atoms with Gasteiger partial charge in [0.05, 0.1) is 0 Å². The molecular formula is C16H20N4O. The lowest BCUT2D eigenvalue weighted by Gasteiger charge is -2.27. The SMILES string of the molecule is Cc1cccnc1C(=O)N(C)C[C@H]1CCn2ccnc2C1. The molecule has 0 spiro atoms. The average Bonchev–Trinajstić information content (AvgIpc) is 2.94. The maximum atomic E-state index is 12.5. The van der Waals surface area contributed by atoms with E-state index in [-0.39, 0.29) is 5.91 Å². The predicted octanol–water partition coefficient (Wildman–Crippen LogP) is 1.92. The molecule has 5 nitrogen and oxygen atoms in total. The molecule has 0 aromatic carbocycles. The molecule has 1 aliphatic heterocycles. The Kier molecular flexibility index (Phi) is 3.73. The number of fused-ring (bicyclic) bond motifs is 1. The van der Waals surface area contributed by atoms with Gasteiger partial charge in [0.25, 0.3) is 5.91 Å². The number of aromatic nitrogens is 3. The van der Waals surface area contributed by atoms with Crippen molar-refractivity contribution in [2.75, 3.05) is 13.6 Å². The van der Waals surface area contributed by atoms with Gasteiger partial charge in [-0.3, -0.25) is 9.78 Å². The molecule has 1 atom stereocenters. The summed E-state index contributed by atoms with van der Waals surface area (Å²) in [5.41, 5.74) is 1.48. The molecule has 5 heteroatoms. The number of rotatable bonds is 3. The van der Waals surface area contributed by atoms with Crippen molar-refractivity contribution in [3.05, 3.63) is 47.8 Å². The fraction of sp³-hybridized carbons (Fsp3) is 0.438. The predicted molar refractivity (Wildman–Crippen MR) is 80.0 cm³/mol. The van der Waals surface area contributed by atoms with E-state index < -0.39 is 0 Å². The quantitative estimate of drug-likeness (QED) is 0.865. The monoisotopic (exact) mass is 284 g/mol. The molecule has 0 bridgehead atoms. The van der Waals surface area contributed by atoms with Gasteiger partial charge < -0.3 is 9.47 Å². The highest BCUT2D eigenvalue weighted by Gasteiger charge is 2.23. The highest BCUT2D eigenvalue weighted by molar-refractivity contribution is 5.93. The molecule has 21 heavy (non-hydrogen) atoms. The Labute approximate surface area is 124 Å². The van der Waals surface area contributed by atoms with Gasteiger partial charge in [-0.2, -0.15) is 0 Å². The molecule has 3 heterocycles. The van der Waals surface area contributed by atoms with Crippen molar-refractivity contribution in [1.82, 2.24) is 19.4 Å². The van der Waals surface area contributed by atoms with Crippen LogP contribution < -0.4 is 0 Å². The zero-order valence-corrected chi connectivity index (χ0v) is 12.5. The van der Waals surface area contributed by atoms with Gasteiger partial charge in [-0.15, -0.1) is 0 Å². The number of carbonyl (C=O) groups is 1. The topological polar surface area (TPSA) is 51.0 Å². The molecule has 110 valence electrons. The molecule has 1 aliphatic rings. The highest BCUT2D eigenvalue weighted by Crippen LogP contribution is 2.20. The molecule has 0 saturated heterocycles. The Hall–Kier alpha value is -2.17. The third kappa shape index (κ3) is 2.82. The van der Waals surface area contributed by atoms with E-state index in [9.17, 15) is 4.79 Å². The molecule has 0 N–H and O–H groups in total. The van der Waals surface area contributed by atoms with Gasteiger partial charge in [0.1, 0.15) is 11.5 Å². The first-order chi connectivity index (χ1) is 10.1. The first-order valence-electron chi connectivity index (χ1n) is 7.32. The minimum atomic E-state index is 0.00187. The number of carbonyl (C=O) groups excluding carboxylic acids is 1. The van der Waals surface area contributed by atoms with Gasteiger partial charge in [0.2, 0.25) is 0 Å². The third-order valence-corrected chi connectivity index (χ3v) is 4.14. The standard InChI is InChI=1S/C16H20N4O/c1-12-4-3-6-18-15(12)16(21)19(2)11-13-5-8-20-9-7-17-14(20)10-13/h3-4,6-7,9,13H,5,8,10-11H2,1-2H3/t13-/m0/s1. The third-order valence-electron chi connectivity index (χ3n) is 4.14. The van der Waals surface area contributed by atoms with E-state index in [4.69, 9.17) is 0 Å². The Morgan fingerprint density at radius 2 is 2.29 bits per heavy atom. The zero-order valence-electron chi connectivity index (χ0n) is 12.5. The summed E-state index contributed by atoms with van der Waals surface area (Å²) in [5.74, 6) is 1.60. The summed E-state index contributed by atoms with van der Waals surface area (Å²) in [4.78, 5) is 22.9. The minimum Gasteiger partial charge on any atom is -0.340 e. The number of pyridine rings is 1. The summed E-state index contributed by atoms with van der Waals surface area (Å²) in [6.45, 7) is 3.66. The Morgan fingerprint density at radius 1 is 1.43 bits per heavy atom. The first-order valence-corrected chi connectivity index (χ1v) is 7.32. The number of aryl methyl sites for hydroxylation is 2. The fourth-order valence-electron chi connectivity index (χ4n) is 2.93. The average molecular weight is 284 g/mol. The van der Waals surface area contributed by atoms with Crippen LogP contribution in [0.25, 0.3) is 0 Å². The molecule has 0 aliphatic carbocycles. The number of hydrogen-bond donors (Lipinski definition) is 0. The van der Waals surface area contributed by atoms with Crippen molar-refractivity contribution in [2.24, 2.45) is 5.92 Å². The largest absolute Gasteiger partial charge is 0.340 e. The van der Waals surface area contributed by atoms with Crippen LogP contribution in [0.1, 0.15) is 28.3 Å². The highest BCUT2D eigenvalue weighted by atomic mass is 16.2. The molecule has 1 amide bonds. The number of amides is 1. The van der Waals surface area contributed by atoms with Crippen LogP contribution in [-0.4, -0.2) is 38.9 Å². The summed E-state index contributed by atoms with van der Waals surface area (Å²) in [6, 6.07) is 3.78. The molecule has 0 saturated carbocycles. The van der Waals surface area contributed by atoms with Crippen molar-refractivity contribution >= 4 is 5.91 Å². The van der Waals surface area contributed by atoms with Crippen LogP contribution in [0.5, 0.6) is 0 Å². The van der Waals surface area contributed by atoms with Crippen molar-refractivity contribution in [3.8, 4) is 0 Å². The van der Waals surface area contributed by atoms with Gasteiger partial charge in [-0.25, -0.2) is 4.98 Å². The van der Waals surface area contributed by atoms with Crippen molar-refractivity contribution in [3.63, 3.8) is 0 Å². The van der Waals surface area contributed by atoms with Crippen LogP contribution in [0, 0.1) is 12.8 Å². The molecule has 0 radical (unpaired) electrons. The van der Waals surface area contributed by atoms with Gasteiger partial charge >= 0.3 is 0 Å². The molecule has 0 unspecified atom stereocenters. The van der Waals surface area contributed by atoms with E-state index in [0.29, 0.717) is 11.6 Å². The molecular weight excluding hydrogens is 264 g/mol. The zero-order chi connectivity index (χ0) is 14.8. The first kappa shape index (κ1) is 13.8. The van der Waals surface area contributed by atoms with E-state index in [1.165, 1.54) is 0 Å². The van der Waals surface area contributed by atoms with Crippen LogP contribution in [0.2, 0.25) is 0 Å². The number of imidazole rings is 1. The molecule has 0 fully saturated rings. The van der Waals surface area contributed by atoms with Crippen LogP contribution in [0.4, 0.5) is 0 Å². The smallest absolute Gasteiger partial charge is 0.272 e. The lowest BCUT2D eigenvalue weighted by Crippen LogP contribution is -2.35. The molecule has 3 rings (SSSR count). The van der Waals surface area contributed by atoms with Crippen LogP contribution in [0.15, 0.2) is 30.7 Å². The molecule has 2 aromatic heterocycles. The fourth-order valence-corrected chi connectivity index (χ4v) is 2.93. The second-order valence-corrected chi connectivity index (χ2v) is 5.75. The summed E-state index contributed by atoms with van der Waals surface area (Å²) in [5, 5.41) is 0. The second kappa shape index (κ2) is 5.68. The minimum absolute atomic E-state index is 0.00187. The van der Waals surface area contributed by atoms with E-state index in [1.54, 1.807) is 11.1 Å². The number of nitrogens with zero attached hydrogens (tertiary/aromatic N) is 4. The van der Waals surface area contributed by atoms with E-state index in [2.05, 4.69) is 14.5 Å². The summed E-state index contributed by atoms with van der Waals surface area (Å²) >= 11 is 0. The lowest BCUT2D eigenvalue weighted by atomic mass is 9.97. The Bertz CT molecular complexity index is 649. The van der Waals surface area contributed by atoms with Crippen molar-refractivity contribution in [2.45, 2.75) is 26.3 Å². The van der Waals surface area contributed by atoms with Crippen LogP contribution in [-0.2, 0) is 13.0 Å². The van der Waals surface area contributed by atoms with Gasteiger partial charge in [-0.05, 0) is 30.9 Å². The lowest BCUT2D eigenvalue weighted by molar-refractivity contribution is 0.0757. The van der Waals surface area contributed by atoms with Gasteiger partial charge in [0, 0.05) is 45.1 Å². The maximum absolute atomic E-state index is 12.5. The van der Waals surface area contributed by atoms with Crippen LogP contribution in [0.3, 0.4) is 0 Å². The number of hydrogen-bond acceptors (Lipinski definition) is 3. The van der Waals surface area contributed by atoms with Crippen molar-refractivity contribution < 1.29 is 4.79 Å². The Balaban J connectivity index is 1.66. The van der Waals surface area contributed by atoms with Gasteiger partial charge in [-0.1, -0.05) is 6.07 Å². The van der Waals surface area contributed by atoms with Crippen LogP contribution >= 0.6 is 0 Å². The van der Waals surface area contributed by atoms with E-state index in [0.717, 1.165) is 37.3 Å². The Morgan fingerprint density at radius 3 is 3.10 bits per heavy atom. The van der Waals surface area contributed by atoms with E-state index >= 15 is 0 Å². The summed E-state index contributed by atoms with van der Waals surface area (Å²) in [6.07, 6.45) is 7.57. The summed E-state index contributed by atoms with van der Waals surface area (Å²) < 4.78 is 2.20. The summed E-state index contributed by atoms with van der Waals surface area (Å²) in [7, 11) is 1.86. The maximum Gasteiger partial charge on any atom is 0.272 e. The van der Waals surface area contributed by atoms with E-state index in [1.807, 2.05) is 38.5 Å². The van der Waals surface area contributed by atoms with Gasteiger partial charge in [0.15, 0.2) is 0 Å². The molecule has 2 aromatic rings.